The second kappa shape index (κ2) is 5.71. The molecule has 0 radical (unpaired) electrons. The molecular weight excluding hydrogens is 380 g/mol. The average molecular weight is 399 g/mol. The fourth-order valence-electron chi connectivity index (χ4n) is 3.70. The predicted molar refractivity (Wildman–Crippen MR) is 109 cm³/mol. The molecule has 0 amide bonds. The molecule has 0 N–H and O–H groups in total. The van der Waals surface area contributed by atoms with Crippen LogP contribution in [-0.4, -0.2) is 9.56 Å². The van der Waals surface area contributed by atoms with Gasteiger partial charge in [-0.05, 0) is 62.7 Å². The fraction of sp³-hybridized carbons (Fsp3) is 0.250. The van der Waals surface area contributed by atoms with Crippen LogP contribution in [0.25, 0.3) is 10.9 Å². The highest BCUT2D eigenvalue weighted by atomic mass is 79.9. The van der Waals surface area contributed by atoms with Gasteiger partial charge in [-0.15, -0.1) is 0 Å². The van der Waals surface area contributed by atoms with E-state index in [1.165, 1.54) is 27.8 Å². The third kappa shape index (κ3) is 2.40. The SMILES string of the molecule is Cc1cc2cc(N3Cc4ccc(Br)cc4C3=S)ccc2n1C(C)C. The summed E-state index contributed by atoms with van der Waals surface area (Å²) in [5.74, 6) is 0. The summed E-state index contributed by atoms with van der Waals surface area (Å²) in [6.07, 6.45) is 0. The molecule has 4 heteroatoms. The van der Waals surface area contributed by atoms with Crippen molar-refractivity contribution < 1.29 is 0 Å². The highest BCUT2D eigenvalue weighted by Gasteiger charge is 2.25. The second-order valence-corrected chi connectivity index (χ2v) is 7.99. The summed E-state index contributed by atoms with van der Waals surface area (Å²) in [5, 5.41) is 1.28. The highest BCUT2D eigenvalue weighted by molar-refractivity contribution is 9.10. The van der Waals surface area contributed by atoms with E-state index in [-0.39, 0.29) is 0 Å². The Morgan fingerprint density at radius 1 is 1.08 bits per heavy atom. The Labute approximate surface area is 156 Å². The van der Waals surface area contributed by atoms with Crippen molar-refractivity contribution in [3.05, 3.63) is 63.8 Å². The summed E-state index contributed by atoms with van der Waals surface area (Å²) in [5.41, 5.74) is 6.21. The van der Waals surface area contributed by atoms with E-state index in [9.17, 15) is 0 Å². The number of benzene rings is 2. The topological polar surface area (TPSA) is 8.17 Å². The molecule has 1 aliphatic rings. The minimum absolute atomic E-state index is 0.461. The van der Waals surface area contributed by atoms with Crippen LogP contribution in [0.15, 0.2) is 46.9 Å². The first-order valence-corrected chi connectivity index (χ1v) is 9.37. The number of halogens is 1. The largest absolute Gasteiger partial charge is 0.342 e. The predicted octanol–water partition coefficient (Wildman–Crippen LogP) is 5.99. The summed E-state index contributed by atoms with van der Waals surface area (Å²) in [7, 11) is 0. The summed E-state index contributed by atoms with van der Waals surface area (Å²) in [4.78, 5) is 3.14. The first-order valence-electron chi connectivity index (χ1n) is 8.17. The van der Waals surface area contributed by atoms with E-state index in [1.807, 2.05) is 0 Å². The van der Waals surface area contributed by atoms with Gasteiger partial charge < -0.3 is 9.47 Å². The first-order chi connectivity index (χ1) is 11.5. The third-order valence-corrected chi connectivity index (χ3v) is 5.65. The molecule has 0 unspecified atom stereocenters. The monoisotopic (exact) mass is 398 g/mol. The number of fused-ring (bicyclic) bond motifs is 2. The Morgan fingerprint density at radius 3 is 2.62 bits per heavy atom. The number of nitrogens with zero attached hydrogens (tertiary/aromatic N) is 2. The molecule has 0 saturated heterocycles. The van der Waals surface area contributed by atoms with Gasteiger partial charge in [0.15, 0.2) is 0 Å². The lowest BCUT2D eigenvalue weighted by Crippen LogP contribution is -2.21. The maximum Gasteiger partial charge on any atom is 0.114 e. The van der Waals surface area contributed by atoms with E-state index in [0.29, 0.717) is 6.04 Å². The zero-order valence-corrected chi connectivity index (χ0v) is 16.4. The van der Waals surface area contributed by atoms with Gasteiger partial charge in [0.05, 0.1) is 0 Å². The number of anilines is 1. The van der Waals surface area contributed by atoms with Crippen LogP contribution in [0, 0.1) is 6.92 Å². The van der Waals surface area contributed by atoms with Crippen molar-refractivity contribution in [3.8, 4) is 0 Å². The van der Waals surface area contributed by atoms with Gasteiger partial charge in [0, 0.05) is 44.9 Å². The Balaban J connectivity index is 1.77. The zero-order valence-electron chi connectivity index (χ0n) is 14.0. The summed E-state index contributed by atoms with van der Waals surface area (Å²) < 4.78 is 3.46. The molecule has 24 heavy (non-hydrogen) atoms. The quantitative estimate of drug-likeness (QED) is 0.489. The van der Waals surface area contributed by atoms with Crippen molar-refractivity contribution in [1.82, 2.24) is 4.57 Å². The van der Waals surface area contributed by atoms with Gasteiger partial charge in [-0.2, -0.15) is 0 Å². The average Bonchev–Trinajstić information content (AvgIpc) is 3.03. The number of aryl methyl sites for hydroxylation is 1. The molecule has 0 atom stereocenters. The van der Waals surface area contributed by atoms with Crippen LogP contribution in [0.5, 0.6) is 0 Å². The molecule has 0 spiro atoms. The normalized spacial score (nSPS) is 14.0. The van der Waals surface area contributed by atoms with E-state index >= 15 is 0 Å². The van der Waals surface area contributed by atoms with E-state index in [4.69, 9.17) is 12.2 Å². The van der Waals surface area contributed by atoms with Crippen LogP contribution in [-0.2, 0) is 6.54 Å². The molecule has 2 heterocycles. The van der Waals surface area contributed by atoms with Crippen molar-refractivity contribution in [3.63, 3.8) is 0 Å². The van der Waals surface area contributed by atoms with Crippen molar-refractivity contribution >= 4 is 49.7 Å². The number of aromatic nitrogens is 1. The standard InChI is InChI=1S/C20H19BrN2S/c1-12(2)23-13(3)8-15-9-17(6-7-19(15)23)22-11-14-4-5-16(21)10-18(14)20(22)24/h4-10,12H,11H2,1-3H3. The van der Waals surface area contributed by atoms with Crippen molar-refractivity contribution in [1.29, 1.82) is 0 Å². The van der Waals surface area contributed by atoms with Crippen LogP contribution >= 0.6 is 28.1 Å². The molecule has 0 saturated carbocycles. The van der Waals surface area contributed by atoms with Gasteiger partial charge in [-0.1, -0.05) is 34.2 Å². The Morgan fingerprint density at radius 2 is 1.88 bits per heavy atom. The molecule has 122 valence electrons. The van der Waals surface area contributed by atoms with Crippen LogP contribution < -0.4 is 4.90 Å². The van der Waals surface area contributed by atoms with Gasteiger partial charge in [0.25, 0.3) is 0 Å². The minimum Gasteiger partial charge on any atom is -0.342 e. The Hall–Kier alpha value is -1.65. The van der Waals surface area contributed by atoms with E-state index in [1.54, 1.807) is 0 Å². The number of thiocarbonyl (C=S) groups is 1. The molecule has 1 aromatic heterocycles. The van der Waals surface area contributed by atoms with Crippen LogP contribution in [0.2, 0.25) is 0 Å². The zero-order chi connectivity index (χ0) is 17.0. The third-order valence-electron chi connectivity index (χ3n) is 4.72. The van der Waals surface area contributed by atoms with Crippen molar-refractivity contribution in [2.24, 2.45) is 0 Å². The molecule has 2 nitrogen and oxygen atoms in total. The summed E-state index contributed by atoms with van der Waals surface area (Å²) in [6, 6.07) is 15.8. The number of rotatable bonds is 2. The van der Waals surface area contributed by atoms with Gasteiger partial charge in [0.2, 0.25) is 0 Å². The second-order valence-electron chi connectivity index (χ2n) is 6.69. The number of hydrogen-bond donors (Lipinski definition) is 0. The van der Waals surface area contributed by atoms with Crippen molar-refractivity contribution in [2.75, 3.05) is 4.90 Å². The molecule has 2 aromatic carbocycles. The first kappa shape index (κ1) is 15.9. The van der Waals surface area contributed by atoms with E-state index < -0.39 is 0 Å². The van der Waals surface area contributed by atoms with Crippen LogP contribution in [0.4, 0.5) is 5.69 Å². The number of hydrogen-bond acceptors (Lipinski definition) is 1. The highest BCUT2D eigenvalue weighted by Crippen LogP contribution is 2.33. The van der Waals surface area contributed by atoms with Gasteiger partial charge in [-0.25, -0.2) is 0 Å². The van der Waals surface area contributed by atoms with Crippen molar-refractivity contribution in [2.45, 2.75) is 33.4 Å². The molecule has 4 rings (SSSR count). The molecule has 1 aliphatic heterocycles. The van der Waals surface area contributed by atoms with Crippen LogP contribution in [0.1, 0.15) is 36.7 Å². The lowest BCUT2D eigenvalue weighted by atomic mass is 10.1. The van der Waals surface area contributed by atoms with Gasteiger partial charge in [-0.3, -0.25) is 0 Å². The lowest BCUT2D eigenvalue weighted by Gasteiger charge is -2.19. The maximum absolute atomic E-state index is 5.73. The fourth-order valence-corrected chi connectivity index (χ4v) is 4.42. The molecule has 3 aromatic rings. The summed E-state index contributed by atoms with van der Waals surface area (Å²) >= 11 is 9.28. The summed E-state index contributed by atoms with van der Waals surface area (Å²) in [6.45, 7) is 7.47. The van der Waals surface area contributed by atoms with E-state index in [0.717, 1.165) is 21.6 Å². The molecular formula is C20H19BrN2S. The molecule has 0 bridgehead atoms. The Bertz CT molecular complexity index is 971. The maximum atomic E-state index is 5.73. The van der Waals surface area contributed by atoms with Gasteiger partial charge >= 0.3 is 0 Å². The van der Waals surface area contributed by atoms with E-state index in [2.05, 4.69) is 88.6 Å². The molecule has 0 fully saturated rings. The van der Waals surface area contributed by atoms with Crippen LogP contribution in [0.3, 0.4) is 0 Å². The minimum atomic E-state index is 0.461. The van der Waals surface area contributed by atoms with Gasteiger partial charge in [0.1, 0.15) is 4.99 Å². The lowest BCUT2D eigenvalue weighted by molar-refractivity contribution is 0.608. The smallest absolute Gasteiger partial charge is 0.114 e. The Kier molecular flexibility index (Phi) is 3.77. The molecule has 0 aliphatic carbocycles.